The Hall–Kier alpha value is -3.37. The predicted molar refractivity (Wildman–Crippen MR) is 310 cm³/mol. The molecule has 10 aromatic carbocycles. The molecule has 0 amide bonds. The van der Waals surface area contributed by atoms with Crippen LogP contribution in [0.3, 0.4) is 0 Å². The molecular formula is C66H74Cl2P2Ti2-2. The first-order valence-electron chi connectivity index (χ1n) is 25.0. The third-order valence-corrected chi connectivity index (χ3v) is 18.9. The summed E-state index contributed by atoms with van der Waals surface area (Å²) >= 11 is 0. The Bertz CT molecular complexity index is 2780. The molecular weight excluding hydrogens is 1020 g/mol. The molecule has 0 saturated carbocycles. The van der Waals surface area contributed by atoms with Gasteiger partial charge in [0.25, 0.3) is 0 Å². The van der Waals surface area contributed by atoms with E-state index in [4.69, 9.17) is 0 Å². The fourth-order valence-corrected chi connectivity index (χ4v) is 15.4. The van der Waals surface area contributed by atoms with Crippen molar-refractivity contribution in [2.24, 2.45) is 23.7 Å². The monoisotopic (exact) mass is 1090 g/mol. The van der Waals surface area contributed by atoms with Crippen LogP contribution < -0.4 is 35.4 Å². The van der Waals surface area contributed by atoms with Crippen molar-refractivity contribution in [2.75, 3.05) is 24.6 Å². The zero-order valence-electron chi connectivity index (χ0n) is 44.3. The molecule has 372 valence electrons. The van der Waals surface area contributed by atoms with Crippen LogP contribution in [0.1, 0.15) is 66.5 Å². The molecule has 6 heteroatoms. The molecule has 72 heavy (non-hydrogen) atoms. The Morgan fingerprint density at radius 3 is 0.972 bits per heavy atom. The first kappa shape index (κ1) is 62.9. The fraction of sp³-hybridized carbons (Fsp3) is 0.273. The van der Waals surface area contributed by atoms with Crippen molar-refractivity contribution in [3.8, 4) is 22.3 Å². The van der Waals surface area contributed by atoms with Gasteiger partial charge in [0.1, 0.15) is 0 Å². The van der Waals surface area contributed by atoms with Crippen LogP contribution in [0.5, 0.6) is 0 Å². The number of aryl methyl sites for hydroxylation is 2. The van der Waals surface area contributed by atoms with Gasteiger partial charge >= 0.3 is 43.4 Å². The van der Waals surface area contributed by atoms with Crippen LogP contribution in [-0.2, 0) is 43.4 Å². The Morgan fingerprint density at radius 1 is 0.347 bits per heavy atom. The number of rotatable bonds is 12. The molecule has 10 rings (SSSR count). The summed E-state index contributed by atoms with van der Waals surface area (Å²) in [6, 6.07) is 70.3. The summed E-state index contributed by atoms with van der Waals surface area (Å²) in [6.07, 6.45) is 5.46. The first-order chi connectivity index (χ1) is 32.8. The molecule has 0 atom stereocenters. The Balaban J connectivity index is 0.000000249. The zero-order valence-corrected chi connectivity index (χ0v) is 50.7. The van der Waals surface area contributed by atoms with Crippen LogP contribution in [0.2, 0.25) is 0 Å². The zero-order chi connectivity index (χ0) is 48.2. The third-order valence-electron chi connectivity index (χ3n) is 12.2. The van der Waals surface area contributed by atoms with Crippen LogP contribution in [0.25, 0.3) is 65.3 Å². The van der Waals surface area contributed by atoms with Gasteiger partial charge in [0.15, 0.2) is 0 Å². The molecule has 0 nitrogen and oxygen atoms in total. The second kappa shape index (κ2) is 30.9. The second-order valence-electron chi connectivity index (χ2n) is 20.5. The number of benzene rings is 6. The first-order valence-corrected chi connectivity index (χ1v) is 28.5. The Labute approximate surface area is 478 Å². The van der Waals surface area contributed by atoms with Gasteiger partial charge in [0, 0.05) is 0 Å². The number of fused-ring (bicyclic) bond motifs is 4. The quantitative estimate of drug-likeness (QED) is 0.0650. The van der Waals surface area contributed by atoms with E-state index in [1.54, 1.807) is 10.6 Å². The molecule has 0 bridgehead atoms. The van der Waals surface area contributed by atoms with Crippen LogP contribution in [0, 0.1) is 37.5 Å². The van der Waals surface area contributed by atoms with E-state index >= 15 is 0 Å². The molecule has 0 unspecified atom stereocenters. The average molecular weight is 1100 g/mol. The molecule has 0 heterocycles. The van der Waals surface area contributed by atoms with Gasteiger partial charge in [-0.15, -0.1) is 150 Å². The van der Waals surface area contributed by atoms with Gasteiger partial charge in [-0.2, -0.15) is 24.3 Å². The van der Waals surface area contributed by atoms with E-state index in [2.05, 4.69) is 263 Å². The van der Waals surface area contributed by atoms with Crippen LogP contribution in [0.4, 0.5) is 0 Å². The summed E-state index contributed by atoms with van der Waals surface area (Å²) in [5.74, 6) is 3.20. The Kier molecular flexibility index (Phi) is 27.0. The van der Waals surface area contributed by atoms with Gasteiger partial charge in [-0.1, -0.05) is 181 Å². The summed E-state index contributed by atoms with van der Waals surface area (Å²) in [4.78, 5) is 0. The standard InChI is InChI=1S/2C17H24P.2C16H13.2ClH.2Ti/c2*1-13(2)11-18(12-14(3)4)17-9-15-7-5-6-8-16(15)10-17;2*1-12-10-14-8-5-9-15(16(14)11-12)13-6-3-2-4-7-13;;;;/h2*5-10,13-14H,11-12H2,1-4H3;2*2-11H,1H3;2*1H;;/q4*-1;;;2*+2/p-2. The minimum atomic E-state index is 0. The van der Waals surface area contributed by atoms with E-state index in [0.717, 1.165) is 23.7 Å². The molecule has 0 fully saturated rings. The number of halogens is 2. The summed E-state index contributed by atoms with van der Waals surface area (Å²) in [5, 5.41) is 14.2. The predicted octanol–water partition coefficient (Wildman–Crippen LogP) is 13.0. The molecule has 0 saturated heterocycles. The van der Waals surface area contributed by atoms with Crippen molar-refractivity contribution in [3.63, 3.8) is 0 Å². The van der Waals surface area contributed by atoms with Gasteiger partial charge in [-0.25, -0.2) is 0 Å². The van der Waals surface area contributed by atoms with Gasteiger partial charge < -0.3 is 24.8 Å². The molecule has 0 aromatic heterocycles. The normalized spacial score (nSPS) is 10.9. The maximum Gasteiger partial charge on any atom is 2.00 e. The van der Waals surface area contributed by atoms with E-state index in [9.17, 15) is 0 Å². The molecule has 10 aromatic rings. The summed E-state index contributed by atoms with van der Waals surface area (Å²) < 4.78 is 0. The van der Waals surface area contributed by atoms with Crippen molar-refractivity contribution < 1.29 is 68.2 Å². The number of hydrogen-bond donors (Lipinski definition) is 0. The molecule has 0 aliphatic carbocycles. The third kappa shape index (κ3) is 17.9. The summed E-state index contributed by atoms with van der Waals surface area (Å²) in [6.45, 7) is 23.1. The summed E-state index contributed by atoms with van der Waals surface area (Å²) in [5.41, 5.74) is 7.89. The molecule has 0 N–H and O–H groups in total. The van der Waals surface area contributed by atoms with E-state index in [1.165, 1.54) is 101 Å². The SMILES string of the molecule is CC(C)CP(CC(C)C)c1cc2ccccc2[cH-]1.CC(C)CP(CC(C)C)c1cc2ccccc2[cH-]1.Cc1cc2c(-c3ccccc3)cccc2[cH-]1.Cc1cc2c(-c3ccccc3)cccc2[cH-]1.[Cl-].[Cl-].[Ti+2].[Ti+2]. The van der Waals surface area contributed by atoms with Crippen LogP contribution >= 0.6 is 15.8 Å². The second-order valence-corrected chi connectivity index (χ2v) is 25.1. The van der Waals surface area contributed by atoms with Gasteiger partial charge in [0.05, 0.1) is 0 Å². The van der Waals surface area contributed by atoms with E-state index < -0.39 is 0 Å². The van der Waals surface area contributed by atoms with Gasteiger partial charge in [0.2, 0.25) is 0 Å². The van der Waals surface area contributed by atoms with Crippen LogP contribution in [-0.4, -0.2) is 24.6 Å². The maximum atomic E-state index is 2.42. The van der Waals surface area contributed by atoms with Crippen molar-refractivity contribution in [1.82, 2.24) is 0 Å². The maximum absolute atomic E-state index is 2.42. The Morgan fingerprint density at radius 2 is 0.653 bits per heavy atom. The van der Waals surface area contributed by atoms with Crippen molar-refractivity contribution in [1.29, 1.82) is 0 Å². The minimum Gasteiger partial charge on any atom is -1.00 e. The van der Waals surface area contributed by atoms with Crippen molar-refractivity contribution >= 4 is 69.5 Å². The van der Waals surface area contributed by atoms with E-state index in [0.29, 0.717) is 0 Å². The van der Waals surface area contributed by atoms with Crippen molar-refractivity contribution in [3.05, 3.63) is 205 Å². The topological polar surface area (TPSA) is 0 Å². The molecule has 0 aliphatic rings. The minimum absolute atomic E-state index is 0. The van der Waals surface area contributed by atoms with Gasteiger partial charge in [-0.05, 0) is 59.4 Å². The number of hydrogen-bond acceptors (Lipinski definition) is 0. The van der Waals surface area contributed by atoms with E-state index in [1.807, 2.05) is 0 Å². The van der Waals surface area contributed by atoms with Crippen LogP contribution in [0.15, 0.2) is 194 Å². The average Bonchev–Trinajstić information content (AvgIpc) is 4.13. The molecule has 0 aliphatic heterocycles. The largest absolute Gasteiger partial charge is 2.00 e. The fourth-order valence-electron chi connectivity index (χ4n) is 9.48. The smallest absolute Gasteiger partial charge is 1.00 e. The molecule has 0 spiro atoms. The van der Waals surface area contributed by atoms with Crippen molar-refractivity contribution in [2.45, 2.75) is 69.2 Å². The molecule has 0 radical (unpaired) electrons. The van der Waals surface area contributed by atoms with Gasteiger partial charge in [-0.3, -0.25) is 0 Å². The summed E-state index contributed by atoms with van der Waals surface area (Å²) in [7, 11) is 0.0370. The van der Waals surface area contributed by atoms with E-state index in [-0.39, 0.29) is 84.1 Å².